The molecule has 1 aromatic rings. The highest BCUT2D eigenvalue weighted by molar-refractivity contribution is 5.90. The molecule has 0 aliphatic heterocycles. The Balaban J connectivity index is 2.30. The van der Waals surface area contributed by atoms with Crippen LogP contribution in [0.3, 0.4) is 0 Å². The molecule has 7 heteroatoms. The number of carbonyl (C=O) groups is 3. The molecule has 0 aliphatic carbocycles. The molecule has 1 aromatic carbocycles. The van der Waals surface area contributed by atoms with Crippen molar-refractivity contribution in [3.63, 3.8) is 0 Å². The van der Waals surface area contributed by atoms with Crippen molar-refractivity contribution in [2.45, 2.75) is 26.7 Å². The smallest absolute Gasteiger partial charge is 0.338 e. The van der Waals surface area contributed by atoms with E-state index in [-0.39, 0.29) is 19.8 Å². The standard InChI is InChI=1S/C21H26O7/c1-15(2)19(22)26-11-6-10-25-18-9-5-8-17(14-18)21(24)28-13-7-12-27-20(23)16(3)4/h5,8-9,14H,1,3,6-7,10-13H2,2,4H3. The fourth-order valence-electron chi connectivity index (χ4n) is 1.85. The van der Waals surface area contributed by atoms with Crippen LogP contribution in [0.4, 0.5) is 0 Å². The molecule has 1 rings (SSSR count). The van der Waals surface area contributed by atoms with E-state index in [0.717, 1.165) is 0 Å². The van der Waals surface area contributed by atoms with Crippen LogP contribution in [0.2, 0.25) is 0 Å². The Labute approximate surface area is 164 Å². The molecule has 0 fully saturated rings. The molecule has 0 radical (unpaired) electrons. The van der Waals surface area contributed by atoms with Gasteiger partial charge in [-0.1, -0.05) is 19.2 Å². The predicted molar refractivity (Wildman–Crippen MR) is 103 cm³/mol. The van der Waals surface area contributed by atoms with E-state index in [9.17, 15) is 14.4 Å². The summed E-state index contributed by atoms with van der Waals surface area (Å²) in [6.07, 6.45) is 0.903. The Morgan fingerprint density at radius 3 is 1.93 bits per heavy atom. The number of ether oxygens (including phenoxy) is 4. The number of esters is 3. The summed E-state index contributed by atoms with van der Waals surface area (Å²) in [7, 11) is 0. The largest absolute Gasteiger partial charge is 0.493 e. The van der Waals surface area contributed by atoms with E-state index >= 15 is 0 Å². The van der Waals surface area contributed by atoms with Gasteiger partial charge in [-0.25, -0.2) is 14.4 Å². The fraction of sp³-hybridized carbons (Fsp3) is 0.381. The summed E-state index contributed by atoms with van der Waals surface area (Å²) >= 11 is 0. The van der Waals surface area contributed by atoms with Crippen molar-refractivity contribution in [1.29, 1.82) is 0 Å². The average molecular weight is 390 g/mol. The number of hydrogen-bond acceptors (Lipinski definition) is 7. The minimum absolute atomic E-state index is 0.126. The first-order valence-electron chi connectivity index (χ1n) is 8.86. The van der Waals surface area contributed by atoms with Crippen molar-refractivity contribution in [1.82, 2.24) is 0 Å². The fourth-order valence-corrected chi connectivity index (χ4v) is 1.85. The lowest BCUT2D eigenvalue weighted by Crippen LogP contribution is -2.11. The van der Waals surface area contributed by atoms with Crippen LogP contribution in [0.5, 0.6) is 5.75 Å². The van der Waals surface area contributed by atoms with Crippen LogP contribution in [0, 0.1) is 0 Å². The van der Waals surface area contributed by atoms with Gasteiger partial charge in [-0.3, -0.25) is 0 Å². The van der Waals surface area contributed by atoms with Crippen LogP contribution in [-0.2, 0) is 23.8 Å². The minimum Gasteiger partial charge on any atom is -0.493 e. The van der Waals surface area contributed by atoms with Gasteiger partial charge in [0.2, 0.25) is 0 Å². The monoisotopic (exact) mass is 390 g/mol. The molecular weight excluding hydrogens is 364 g/mol. The van der Waals surface area contributed by atoms with Gasteiger partial charge in [-0.2, -0.15) is 0 Å². The summed E-state index contributed by atoms with van der Waals surface area (Å²) in [5.74, 6) is -0.882. The highest BCUT2D eigenvalue weighted by atomic mass is 16.5. The Morgan fingerprint density at radius 2 is 1.36 bits per heavy atom. The quantitative estimate of drug-likeness (QED) is 0.234. The second kappa shape index (κ2) is 12.3. The van der Waals surface area contributed by atoms with Gasteiger partial charge in [0.25, 0.3) is 0 Å². The van der Waals surface area contributed by atoms with Gasteiger partial charge in [0.1, 0.15) is 5.75 Å². The van der Waals surface area contributed by atoms with Gasteiger partial charge >= 0.3 is 17.9 Å². The Hall–Kier alpha value is -3.09. The summed E-state index contributed by atoms with van der Waals surface area (Å²) in [6.45, 7) is 11.0. The number of hydrogen-bond donors (Lipinski definition) is 0. The van der Waals surface area contributed by atoms with E-state index in [2.05, 4.69) is 13.2 Å². The normalized spacial score (nSPS) is 9.93. The molecule has 0 bridgehead atoms. The van der Waals surface area contributed by atoms with Crippen molar-refractivity contribution in [2.75, 3.05) is 26.4 Å². The van der Waals surface area contributed by atoms with E-state index in [1.54, 1.807) is 38.1 Å². The zero-order chi connectivity index (χ0) is 20.9. The lowest BCUT2D eigenvalue weighted by molar-refractivity contribution is -0.140. The Bertz CT molecular complexity index is 721. The van der Waals surface area contributed by atoms with Crippen molar-refractivity contribution in [2.24, 2.45) is 0 Å². The summed E-state index contributed by atoms with van der Waals surface area (Å²) in [4.78, 5) is 34.5. The third kappa shape index (κ3) is 9.02. The van der Waals surface area contributed by atoms with E-state index in [4.69, 9.17) is 18.9 Å². The topological polar surface area (TPSA) is 88.1 Å². The molecule has 0 amide bonds. The lowest BCUT2D eigenvalue weighted by Gasteiger charge is -2.09. The SMILES string of the molecule is C=C(C)C(=O)OCCCOC(=O)c1cccc(OCCCOC(=O)C(=C)C)c1. The second-order valence-electron chi connectivity index (χ2n) is 6.05. The highest BCUT2D eigenvalue weighted by Crippen LogP contribution is 2.14. The summed E-state index contributed by atoms with van der Waals surface area (Å²) < 4.78 is 20.6. The first kappa shape index (κ1) is 23.0. The maximum atomic E-state index is 12.1. The Kier molecular flexibility index (Phi) is 10.1. The maximum Gasteiger partial charge on any atom is 0.338 e. The zero-order valence-corrected chi connectivity index (χ0v) is 16.3. The number of rotatable bonds is 12. The zero-order valence-electron chi connectivity index (χ0n) is 16.3. The van der Waals surface area contributed by atoms with Gasteiger partial charge in [0.15, 0.2) is 0 Å². The third-order valence-electron chi connectivity index (χ3n) is 3.31. The third-order valence-corrected chi connectivity index (χ3v) is 3.31. The molecule has 0 N–H and O–H groups in total. The predicted octanol–water partition coefficient (Wildman–Crippen LogP) is 3.24. The van der Waals surface area contributed by atoms with Crippen molar-refractivity contribution < 1.29 is 33.3 Å². The molecule has 0 saturated heterocycles. The van der Waals surface area contributed by atoms with Gasteiger partial charge in [-0.15, -0.1) is 0 Å². The first-order chi connectivity index (χ1) is 13.3. The maximum absolute atomic E-state index is 12.1. The molecule has 0 unspecified atom stereocenters. The van der Waals surface area contributed by atoms with Crippen LogP contribution >= 0.6 is 0 Å². The van der Waals surface area contributed by atoms with Crippen LogP contribution in [0.1, 0.15) is 37.0 Å². The molecule has 0 saturated carbocycles. The van der Waals surface area contributed by atoms with Crippen LogP contribution in [0.25, 0.3) is 0 Å². The van der Waals surface area contributed by atoms with Crippen molar-refractivity contribution >= 4 is 17.9 Å². The average Bonchev–Trinajstić information content (AvgIpc) is 2.66. The van der Waals surface area contributed by atoms with Gasteiger partial charge in [0, 0.05) is 24.0 Å². The number of benzene rings is 1. The van der Waals surface area contributed by atoms with E-state index in [0.29, 0.717) is 41.9 Å². The van der Waals surface area contributed by atoms with Gasteiger partial charge in [0.05, 0.1) is 32.0 Å². The lowest BCUT2D eigenvalue weighted by atomic mass is 10.2. The highest BCUT2D eigenvalue weighted by Gasteiger charge is 2.09. The molecule has 0 heterocycles. The molecule has 7 nitrogen and oxygen atoms in total. The van der Waals surface area contributed by atoms with Crippen molar-refractivity contribution in [3.05, 3.63) is 54.1 Å². The van der Waals surface area contributed by atoms with E-state index in [1.807, 2.05) is 0 Å². The van der Waals surface area contributed by atoms with Gasteiger partial charge in [-0.05, 0) is 32.0 Å². The van der Waals surface area contributed by atoms with Crippen molar-refractivity contribution in [3.8, 4) is 5.75 Å². The van der Waals surface area contributed by atoms with Crippen LogP contribution in [-0.4, -0.2) is 44.3 Å². The molecule has 0 atom stereocenters. The molecule has 28 heavy (non-hydrogen) atoms. The first-order valence-corrected chi connectivity index (χ1v) is 8.86. The van der Waals surface area contributed by atoms with Crippen LogP contribution < -0.4 is 4.74 Å². The number of carbonyl (C=O) groups excluding carboxylic acids is 3. The minimum atomic E-state index is -0.493. The van der Waals surface area contributed by atoms with E-state index < -0.39 is 17.9 Å². The second-order valence-corrected chi connectivity index (χ2v) is 6.05. The van der Waals surface area contributed by atoms with Crippen LogP contribution in [0.15, 0.2) is 48.6 Å². The van der Waals surface area contributed by atoms with Gasteiger partial charge < -0.3 is 18.9 Å². The molecule has 0 aromatic heterocycles. The summed E-state index contributed by atoms with van der Waals surface area (Å²) in [5.41, 5.74) is 1.02. The summed E-state index contributed by atoms with van der Waals surface area (Å²) in [6, 6.07) is 6.59. The molecule has 0 aliphatic rings. The molecule has 0 spiro atoms. The molecular formula is C21H26O7. The summed E-state index contributed by atoms with van der Waals surface area (Å²) in [5, 5.41) is 0. The Morgan fingerprint density at radius 1 is 0.821 bits per heavy atom. The van der Waals surface area contributed by atoms with E-state index in [1.165, 1.54) is 0 Å². The molecule has 152 valence electrons.